The predicted molar refractivity (Wildman–Crippen MR) is 66.9 cm³/mol. The van der Waals surface area contributed by atoms with Crippen LogP contribution in [-0.4, -0.2) is 30.7 Å². The topological polar surface area (TPSA) is 17.4 Å². The molecule has 16 heavy (non-hydrogen) atoms. The molecular weight excluding hydrogens is 200 g/mol. The van der Waals surface area contributed by atoms with Crippen molar-refractivity contribution in [3.05, 3.63) is 30.0 Å². The number of fused-ring (bicyclic) bond motifs is 1. The molecule has 0 atom stereocenters. The second kappa shape index (κ2) is 4.18. The Kier molecular flexibility index (Phi) is 2.88. The maximum absolute atomic E-state index is 5.27. The molecule has 0 aliphatic rings. The molecule has 1 heterocycles. The van der Waals surface area contributed by atoms with Crippen molar-refractivity contribution in [3.8, 4) is 5.75 Å². The van der Waals surface area contributed by atoms with E-state index in [2.05, 4.69) is 48.9 Å². The third-order valence-electron chi connectivity index (χ3n) is 2.77. The van der Waals surface area contributed by atoms with Crippen LogP contribution in [0.2, 0.25) is 0 Å². The number of aryl methyl sites for hydroxylation is 1. The summed E-state index contributed by atoms with van der Waals surface area (Å²) in [6, 6.07) is 6.21. The van der Waals surface area contributed by atoms with Gasteiger partial charge in [0.1, 0.15) is 5.75 Å². The van der Waals surface area contributed by atoms with Crippen LogP contribution in [0.3, 0.4) is 0 Å². The second-order valence-corrected chi connectivity index (χ2v) is 4.39. The fourth-order valence-electron chi connectivity index (χ4n) is 2.05. The van der Waals surface area contributed by atoms with Crippen molar-refractivity contribution in [1.82, 2.24) is 9.47 Å². The van der Waals surface area contributed by atoms with Gasteiger partial charge >= 0.3 is 0 Å². The number of ether oxygens (including phenoxy) is 1. The van der Waals surface area contributed by atoms with Gasteiger partial charge in [0.25, 0.3) is 0 Å². The van der Waals surface area contributed by atoms with E-state index >= 15 is 0 Å². The van der Waals surface area contributed by atoms with E-state index in [9.17, 15) is 0 Å². The Morgan fingerprint density at radius 2 is 2.06 bits per heavy atom. The molecule has 0 radical (unpaired) electrons. The van der Waals surface area contributed by atoms with Crippen LogP contribution in [0.1, 0.15) is 5.56 Å². The first kappa shape index (κ1) is 11.0. The van der Waals surface area contributed by atoms with Crippen LogP contribution in [-0.2, 0) is 13.6 Å². The summed E-state index contributed by atoms with van der Waals surface area (Å²) >= 11 is 0. The quantitative estimate of drug-likeness (QED) is 0.786. The number of hydrogen-bond donors (Lipinski definition) is 0. The third-order valence-corrected chi connectivity index (χ3v) is 2.77. The monoisotopic (exact) mass is 218 g/mol. The highest BCUT2D eigenvalue weighted by Crippen LogP contribution is 2.25. The van der Waals surface area contributed by atoms with Gasteiger partial charge in [-0.15, -0.1) is 0 Å². The molecule has 0 aliphatic carbocycles. The summed E-state index contributed by atoms with van der Waals surface area (Å²) in [6.45, 7) is 0.949. The molecule has 3 heteroatoms. The first-order chi connectivity index (χ1) is 7.61. The Labute approximate surface area is 96.2 Å². The minimum absolute atomic E-state index is 0.915. The number of methoxy groups -OCH3 is 1. The molecule has 0 amide bonds. The summed E-state index contributed by atoms with van der Waals surface area (Å²) in [6.07, 6.45) is 2.18. The molecule has 1 aromatic heterocycles. The summed E-state index contributed by atoms with van der Waals surface area (Å²) in [5, 5.41) is 1.27. The van der Waals surface area contributed by atoms with Gasteiger partial charge in [-0.05, 0) is 37.9 Å². The lowest BCUT2D eigenvalue weighted by molar-refractivity contribution is 0.403. The zero-order valence-electron chi connectivity index (χ0n) is 10.3. The normalized spacial score (nSPS) is 11.3. The van der Waals surface area contributed by atoms with Crippen LogP contribution in [0.15, 0.2) is 24.4 Å². The molecule has 0 N–H and O–H groups in total. The van der Waals surface area contributed by atoms with Gasteiger partial charge in [-0.3, -0.25) is 0 Å². The lowest BCUT2D eigenvalue weighted by Crippen LogP contribution is -2.10. The average molecular weight is 218 g/mol. The van der Waals surface area contributed by atoms with Crippen molar-refractivity contribution in [1.29, 1.82) is 0 Å². The number of benzene rings is 1. The largest absolute Gasteiger partial charge is 0.497 e. The molecular formula is C13H18N2O. The molecule has 0 bridgehead atoms. The lowest BCUT2D eigenvalue weighted by atomic mass is 10.1. The number of rotatable bonds is 3. The summed E-state index contributed by atoms with van der Waals surface area (Å²) in [5.74, 6) is 0.915. The standard InChI is InChI=1S/C13H18N2O/c1-14(2)8-10-9-15(3)13-6-5-11(16-4)7-12(10)13/h5-7,9H,8H2,1-4H3. The highest BCUT2D eigenvalue weighted by molar-refractivity contribution is 5.85. The highest BCUT2D eigenvalue weighted by Gasteiger charge is 2.08. The Morgan fingerprint density at radius 1 is 1.31 bits per heavy atom. The Morgan fingerprint density at radius 3 is 2.69 bits per heavy atom. The second-order valence-electron chi connectivity index (χ2n) is 4.39. The molecule has 0 fully saturated rings. The fourth-order valence-corrected chi connectivity index (χ4v) is 2.05. The highest BCUT2D eigenvalue weighted by atomic mass is 16.5. The van der Waals surface area contributed by atoms with E-state index < -0.39 is 0 Å². The van der Waals surface area contributed by atoms with Gasteiger partial charge in [-0.25, -0.2) is 0 Å². The fraction of sp³-hybridized carbons (Fsp3) is 0.385. The predicted octanol–water partition coefficient (Wildman–Crippen LogP) is 2.25. The first-order valence-electron chi connectivity index (χ1n) is 5.38. The van der Waals surface area contributed by atoms with Gasteiger partial charge in [0.15, 0.2) is 0 Å². The van der Waals surface area contributed by atoms with Crippen molar-refractivity contribution >= 4 is 10.9 Å². The van der Waals surface area contributed by atoms with Gasteiger partial charge in [0, 0.05) is 30.7 Å². The zero-order chi connectivity index (χ0) is 11.7. The van der Waals surface area contributed by atoms with E-state index in [1.165, 1.54) is 16.5 Å². The van der Waals surface area contributed by atoms with Gasteiger partial charge in [0.05, 0.1) is 7.11 Å². The van der Waals surface area contributed by atoms with Crippen molar-refractivity contribution in [2.45, 2.75) is 6.54 Å². The lowest BCUT2D eigenvalue weighted by Gasteiger charge is -2.08. The Hall–Kier alpha value is -1.48. The number of aromatic nitrogens is 1. The maximum atomic E-state index is 5.27. The molecule has 0 spiro atoms. The van der Waals surface area contributed by atoms with Crippen molar-refractivity contribution in [2.24, 2.45) is 7.05 Å². The molecule has 2 rings (SSSR count). The zero-order valence-corrected chi connectivity index (χ0v) is 10.3. The Balaban J connectivity index is 2.56. The van der Waals surface area contributed by atoms with Crippen molar-refractivity contribution < 1.29 is 4.74 Å². The molecule has 1 aromatic carbocycles. The summed E-state index contributed by atoms with van der Waals surface area (Å²) in [4.78, 5) is 2.17. The Bertz CT molecular complexity index is 500. The van der Waals surface area contributed by atoms with Crippen LogP contribution in [0.25, 0.3) is 10.9 Å². The van der Waals surface area contributed by atoms with Crippen molar-refractivity contribution in [3.63, 3.8) is 0 Å². The smallest absolute Gasteiger partial charge is 0.119 e. The molecule has 3 nitrogen and oxygen atoms in total. The molecule has 0 saturated carbocycles. The van der Waals surface area contributed by atoms with E-state index in [0.717, 1.165) is 12.3 Å². The van der Waals surface area contributed by atoms with E-state index in [-0.39, 0.29) is 0 Å². The van der Waals surface area contributed by atoms with Crippen LogP contribution in [0, 0.1) is 0 Å². The molecule has 0 unspecified atom stereocenters. The molecule has 0 saturated heterocycles. The van der Waals surface area contributed by atoms with Gasteiger partial charge in [-0.2, -0.15) is 0 Å². The summed E-state index contributed by atoms with van der Waals surface area (Å²) < 4.78 is 7.43. The van der Waals surface area contributed by atoms with E-state index in [1.807, 2.05) is 6.07 Å². The summed E-state index contributed by atoms with van der Waals surface area (Å²) in [5.41, 5.74) is 2.58. The maximum Gasteiger partial charge on any atom is 0.119 e. The molecule has 86 valence electrons. The van der Waals surface area contributed by atoms with Crippen LogP contribution >= 0.6 is 0 Å². The molecule has 0 aliphatic heterocycles. The van der Waals surface area contributed by atoms with Crippen molar-refractivity contribution in [2.75, 3.05) is 21.2 Å². The van der Waals surface area contributed by atoms with E-state index in [1.54, 1.807) is 7.11 Å². The minimum atomic E-state index is 0.915. The van der Waals surface area contributed by atoms with Crippen LogP contribution in [0.4, 0.5) is 0 Å². The van der Waals surface area contributed by atoms with Gasteiger partial charge in [0.2, 0.25) is 0 Å². The van der Waals surface area contributed by atoms with Crippen LogP contribution < -0.4 is 4.74 Å². The van der Waals surface area contributed by atoms with E-state index in [0.29, 0.717) is 0 Å². The molecule has 2 aromatic rings. The third kappa shape index (κ3) is 1.91. The van der Waals surface area contributed by atoms with E-state index in [4.69, 9.17) is 4.74 Å². The SMILES string of the molecule is COc1ccc2c(c1)c(CN(C)C)cn2C. The van der Waals surface area contributed by atoms with Crippen LogP contribution in [0.5, 0.6) is 5.75 Å². The summed E-state index contributed by atoms with van der Waals surface area (Å²) in [7, 11) is 7.95. The number of hydrogen-bond acceptors (Lipinski definition) is 2. The average Bonchev–Trinajstić information content (AvgIpc) is 2.54. The first-order valence-corrected chi connectivity index (χ1v) is 5.38. The minimum Gasteiger partial charge on any atom is -0.497 e. The number of nitrogens with zero attached hydrogens (tertiary/aromatic N) is 2. The van der Waals surface area contributed by atoms with Gasteiger partial charge in [-0.1, -0.05) is 0 Å². The van der Waals surface area contributed by atoms with Gasteiger partial charge < -0.3 is 14.2 Å².